The molecule has 0 saturated carbocycles. The average Bonchev–Trinajstić information content (AvgIpc) is 3.39. The summed E-state index contributed by atoms with van der Waals surface area (Å²) in [6.07, 6.45) is 5.14. The Morgan fingerprint density at radius 1 is 0.974 bits per heavy atom. The van der Waals surface area contributed by atoms with E-state index in [0.717, 1.165) is 61.4 Å². The van der Waals surface area contributed by atoms with E-state index in [1.165, 1.54) is 18.3 Å². The summed E-state index contributed by atoms with van der Waals surface area (Å²) in [4.78, 5) is 28.0. The van der Waals surface area contributed by atoms with Crippen molar-refractivity contribution < 1.29 is 13.9 Å². The second kappa shape index (κ2) is 10.7. The summed E-state index contributed by atoms with van der Waals surface area (Å²) in [5.41, 5.74) is 2.64. The van der Waals surface area contributed by atoms with Crippen LogP contribution in [0, 0.1) is 5.95 Å². The Hall–Kier alpha value is -4.16. The molecule has 2 saturated heterocycles. The van der Waals surface area contributed by atoms with Gasteiger partial charge in [0.2, 0.25) is 5.95 Å². The second-order valence-corrected chi connectivity index (χ2v) is 9.30. The van der Waals surface area contributed by atoms with Gasteiger partial charge in [-0.2, -0.15) is 9.49 Å². The maximum Gasteiger partial charge on any atom is 0.323 e. The van der Waals surface area contributed by atoms with Gasteiger partial charge in [-0.1, -0.05) is 0 Å². The highest BCUT2D eigenvalue weighted by molar-refractivity contribution is 5.99. The third-order valence-electron chi connectivity index (χ3n) is 6.79. The quantitative estimate of drug-likeness (QED) is 0.344. The van der Waals surface area contributed by atoms with E-state index in [-0.39, 0.29) is 6.04 Å². The molecule has 0 unspecified atom stereocenters. The predicted molar refractivity (Wildman–Crippen MR) is 142 cm³/mol. The average molecular weight is 518 g/mol. The van der Waals surface area contributed by atoms with Crippen molar-refractivity contribution in [1.82, 2.24) is 30.0 Å². The van der Waals surface area contributed by atoms with E-state index in [0.29, 0.717) is 30.4 Å². The van der Waals surface area contributed by atoms with Gasteiger partial charge >= 0.3 is 6.03 Å². The molecule has 5 heterocycles. The summed E-state index contributed by atoms with van der Waals surface area (Å²) >= 11 is 0. The number of benzene rings is 1. The minimum Gasteiger partial charge on any atom is -0.378 e. The molecule has 2 aliphatic heterocycles. The third-order valence-corrected chi connectivity index (χ3v) is 6.79. The fourth-order valence-corrected chi connectivity index (χ4v) is 4.82. The number of nitrogens with zero attached hydrogens (tertiary/aromatic N) is 6. The lowest BCUT2D eigenvalue weighted by Gasteiger charge is -2.28. The van der Waals surface area contributed by atoms with Crippen molar-refractivity contribution in [2.45, 2.75) is 18.9 Å². The van der Waals surface area contributed by atoms with Crippen molar-refractivity contribution in [3.63, 3.8) is 0 Å². The lowest BCUT2D eigenvalue weighted by atomic mass is 10.1. The third kappa shape index (κ3) is 5.13. The van der Waals surface area contributed by atoms with Gasteiger partial charge in [0.05, 0.1) is 42.7 Å². The standard InChI is InChI=1S/C26H28FN9O2/c27-22-6-5-19(15-29-22)32-26(37)31-18-3-1-17(2-4-18)23-33-24(35-11-13-38-14-12-35)21-16-30-36(25(21)34-23)20-7-9-28-10-8-20/h1-6,15-16,20,28H,7-14H2,(H2,31,32,37). The number of carbonyl (C=O) groups excluding carboxylic acids is 1. The molecule has 38 heavy (non-hydrogen) atoms. The van der Waals surface area contributed by atoms with Gasteiger partial charge in [0.1, 0.15) is 5.82 Å². The number of urea groups is 1. The fourth-order valence-electron chi connectivity index (χ4n) is 4.82. The monoisotopic (exact) mass is 517 g/mol. The van der Waals surface area contributed by atoms with Crippen molar-refractivity contribution >= 4 is 34.3 Å². The molecule has 6 rings (SSSR count). The molecular formula is C26H28FN9O2. The molecular weight excluding hydrogens is 489 g/mol. The van der Waals surface area contributed by atoms with Crippen LogP contribution >= 0.6 is 0 Å². The van der Waals surface area contributed by atoms with Gasteiger partial charge in [-0.15, -0.1) is 0 Å². The molecule has 196 valence electrons. The number of nitrogens with one attached hydrogen (secondary N) is 3. The summed E-state index contributed by atoms with van der Waals surface area (Å²) < 4.78 is 20.6. The van der Waals surface area contributed by atoms with Crippen LogP contribution in [-0.2, 0) is 4.74 Å². The largest absolute Gasteiger partial charge is 0.378 e. The lowest BCUT2D eigenvalue weighted by Crippen LogP contribution is -2.37. The van der Waals surface area contributed by atoms with E-state index < -0.39 is 12.0 Å². The zero-order chi connectivity index (χ0) is 25.9. The van der Waals surface area contributed by atoms with Crippen LogP contribution < -0.4 is 20.9 Å². The van der Waals surface area contributed by atoms with Crippen molar-refractivity contribution in [1.29, 1.82) is 0 Å². The highest BCUT2D eigenvalue weighted by Gasteiger charge is 2.24. The Kier molecular flexibility index (Phi) is 6.80. The first-order valence-electron chi connectivity index (χ1n) is 12.7. The smallest absolute Gasteiger partial charge is 0.323 e. The van der Waals surface area contributed by atoms with Gasteiger partial charge in [-0.05, 0) is 62.3 Å². The first kappa shape index (κ1) is 24.2. The Morgan fingerprint density at radius 2 is 1.71 bits per heavy atom. The molecule has 3 aromatic heterocycles. The molecule has 2 fully saturated rings. The molecule has 12 heteroatoms. The van der Waals surface area contributed by atoms with E-state index in [2.05, 4.69) is 30.5 Å². The van der Waals surface area contributed by atoms with Crippen molar-refractivity contribution in [3.05, 3.63) is 54.7 Å². The topological polar surface area (TPSA) is 122 Å². The Balaban J connectivity index is 1.28. The Morgan fingerprint density at radius 3 is 2.45 bits per heavy atom. The number of fused-ring (bicyclic) bond motifs is 1. The van der Waals surface area contributed by atoms with E-state index in [9.17, 15) is 9.18 Å². The number of ether oxygens (including phenoxy) is 1. The molecule has 1 aromatic carbocycles. The fraction of sp³-hybridized carbons (Fsp3) is 0.346. The van der Waals surface area contributed by atoms with Crippen LogP contribution in [0.5, 0.6) is 0 Å². The van der Waals surface area contributed by atoms with Crippen LogP contribution in [0.25, 0.3) is 22.4 Å². The number of hydrogen-bond acceptors (Lipinski definition) is 8. The number of amides is 2. The molecule has 11 nitrogen and oxygen atoms in total. The van der Waals surface area contributed by atoms with Gasteiger partial charge in [-0.25, -0.2) is 24.4 Å². The summed E-state index contributed by atoms with van der Waals surface area (Å²) in [5.74, 6) is 0.855. The molecule has 2 aliphatic rings. The van der Waals surface area contributed by atoms with Crippen molar-refractivity contribution in [2.24, 2.45) is 0 Å². The summed E-state index contributed by atoms with van der Waals surface area (Å²) in [5, 5.41) is 14.5. The molecule has 0 spiro atoms. The van der Waals surface area contributed by atoms with E-state index >= 15 is 0 Å². The van der Waals surface area contributed by atoms with Crippen molar-refractivity contribution in [3.8, 4) is 11.4 Å². The zero-order valence-corrected chi connectivity index (χ0v) is 20.7. The molecule has 3 N–H and O–H groups in total. The van der Waals surface area contributed by atoms with Crippen LogP contribution in [-0.4, -0.2) is 70.2 Å². The highest BCUT2D eigenvalue weighted by Crippen LogP contribution is 2.31. The SMILES string of the molecule is O=C(Nc1ccc(-c2nc(N3CCOCC3)c3cnn(C4CCNCC4)c3n2)cc1)Nc1ccc(F)nc1. The van der Waals surface area contributed by atoms with E-state index in [1.807, 2.05) is 18.3 Å². The zero-order valence-electron chi connectivity index (χ0n) is 20.7. The summed E-state index contributed by atoms with van der Waals surface area (Å²) in [7, 11) is 0. The maximum atomic E-state index is 13.0. The number of morpholine rings is 1. The molecule has 0 radical (unpaired) electrons. The summed E-state index contributed by atoms with van der Waals surface area (Å²) in [6.45, 7) is 4.73. The number of piperidine rings is 1. The normalized spacial score (nSPS) is 16.5. The molecule has 0 aliphatic carbocycles. The minimum absolute atomic E-state index is 0.287. The number of rotatable bonds is 5. The molecule has 4 aromatic rings. The first-order chi connectivity index (χ1) is 18.6. The Bertz CT molecular complexity index is 1410. The number of hydrogen-bond donors (Lipinski definition) is 3. The first-order valence-corrected chi connectivity index (χ1v) is 12.7. The number of halogens is 1. The van der Waals surface area contributed by atoms with Crippen LogP contribution in [0.4, 0.5) is 26.4 Å². The Labute approximate surface area is 218 Å². The van der Waals surface area contributed by atoms with Crippen LogP contribution in [0.2, 0.25) is 0 Å². The lowest BCUT2D eigenvalue weighted by molar-refractivity contribution is 0.122. The number of carbonyl (C=O) groups is 1. The highest BCUT2D eigenvalue weighted by atomic mass is 19.1. The van der Waals surface area contributed by atoms with Crippen LogP contribution in [0.3, 0.4) is 0 Å². The van der Waals surface area contributed by atoms with Crippen LogP contribution in [0.15, 0.2) is 48.8 Å². The molecule has 0 bridgehead atoms. The van der Waals surface area contributed by atoms with Gasteiger partial charge in [0.25, 0.3) is 0 Å². The molecule has 0 atom stereocenters. The molecule has 2 amide bonds. The van der Waals surface area contributed by atoms with Gasteiger partial charge < -0.3 is 25.6 Å². The number of pyridine rings is 1. The van der Waals surface area contributed by atoms with Gasteiger partial charge in [0.15, 0.2) is 11.5 Å². The minimum atomic E-state index is -0.609. The number of anilines is 3. The maximum absolute atomic E-state index is 13.0. The van der Waals surface area contributed by atoms with Gasteiger partial charge in [-0.3, -0.25) is 0 Å². The summed E-state index contributed by atoms with van der Waals surface area (Å²) in [6, 6.07) is 9.81. The second-order valence-electron chi connectivity index (χ2n) is 9.30. The van der Waals surface area contributed by atoms with E-state index in [4.69, 9.17) is 19.8 Å². The van der Waals surface area contributed by atoms with E-state index in [1.54, 1.807) is 12.1 Å². The van der Waals surface area contributed by atoms with Gasteiger partial charge in [0, 0.05) is 24.3 Å². The predicted octanol–water partition coefficient (Wildman–Crippen LogP) is 3.43. The number of aromatic nitrogens is 5. The van der Waals surface area contributed by atoms with Crippen LogP contribution in [0.1, 0.15) is 18.9 Å². The van der Waals surface area contributed by atoms with Crippen molar-refractivity contribution in [2.75, 3.05) is 54.9 Å².